The van der Waals surface area contributed by atoms with Gasteiger partial charge in [0.1, 0.15) is 11.6 Å². The molecule has 0 bridgehead atoms. The summed E-state index contributed by atoms with van der Waals surface area (Å²) in [6, 6.07) is 4.11. The van der Waals surface area contributed by atoms with Gasteiger partial charge in [0.05, 0.1) is 11.6 Å². The number of nitrogens with one attached hydrogen (secondary N) is 3. The number of anilines is 1. The molecule has 7 nitrogen and oxygen atoms in total. The van der Waals surface area contributed by atoms with Gasteiger partial charge >= 0.3 is 11.7 Å². The van der Waals surface area contributed by atoms with Crippen molar-refractivity contribution in [3.63, 3.8) is 0 Å². The van der Waals surface area contributed by atoms with Crippen molar-refractivity contribution in [2.24, 2.45) is 7.05 Å². The Morgan fingerprint density at radius 2 is 1.81 bits per heavy atom. The van der Waals surface area contributed by atoms with Gasteiger partial charge in [-0.3, -0.25) is 19.7 Å². The highest BCUT2D eigenvalue weighted by molar-refractivity contribution is 5.92. The summed E-state index contributed by atoms with van der Waals surface area (Å²) < 4.78 is 14.2. The van der Waals surface area contributed by atoms with E-state index in [4.69, 9.17) is 0 Å². The number of hydrogen-bond donors (Lipinski definition) is 3. The zero-order chi connectivity index (χ0) is 15.1. The van der Waals surface area contributed by atoms with E-state index in [-0.39, 0.29) is 11.4 Å². The number of aromatic nitrogens is 2. The van der Waals surface area contributed by atoms with Gasteiger partial charge in [-0.25, -0.2) is 14.0 Å². The molecule has 0 fully saturated rings. The summed E-state index contributed by atoms with van der Waals surface area (Å²) in [5.74, 6) is -0.296. The Kier molecular flexibility index (Phi) is 2.86. The molecule has 8 heteroatoms. The van der Waals surface area contributed by atoms with Crippen LogP contribution in [0.5, 0.6) is 0 Å². The lowest BCUT2D eigenvalue weighted by Gasteiger charge is -2.27. The van der Waals surface area contributed by atoms with Crippen molar-refractivity contribution < 1.29 is 9.18 Å². The summed E-state index contributed by atoms with van der Waals surface area (Å²) in [4.78, 5) is 37.6. The van der Waals surface area contributed by atoms with Crippen molar-refractivity contribution in [3.05, 3.63) is 62.0 Å². The van der Waals surface area contributed by atoms with Crippen molar-refractivity contribution in [3.8, 4) is 0 Å². The average Bonchev–Trinajstić information content (AvgIpc) is 2.44. The first kappa shape index (κ1) is 13.1. The Morgan fingerprint density at radius 1 is 1.14 bits per heavy atom. The minimum atomic E-state index is -0.759. The number of aromatic amines is 1. The molecule has 2 heterocycles. The Bertz CT molecular complexity index is 838. The number of carbonyl (C=O) groups is 1. The Balaban J connectivity index is 2.25. The molecule has 108 valence electrons. The zero-order valence-corrected chi connectivity index (χ0v) is 10.9. The molecule has 0 aliphatic carbocycles. The van der Waals surface area contributed by atoms with Crippen LogP contribution in [0.4, 0.5) is 15.0 Å². The second kappa shape index (κ2) is 4.58. The van der Waals surface area contributed by atoms with Gasteiger partial charge in [0.2, 0.25) is 0 Å². The highest BCUT2D eigenvalue weighted by Crippen LogP contribution is 2.27. The van der Waals surface area contributed by atoms with Gasteiger partial charge in [-0.05, 0) is 17.7 Å². The molecular weight excluding hydrogens is 279 g/mol. The van der Waals surface area contributed by atoms with Gasteiger partial charge in [-0.2, -0.15) is 0 Å². The fourth-order valence-electron chi connectivity index (χ4n) is 2.31. The number of H-pyrrole nitrogens is 1. The van der Waals surface area contributed by atoms with Crippen LogP contribution >= 0.6 is 0 Å². The van der Waals surface area contributed by atoms with Crippen LogP contribution in [-0.2, 0) is 7.05 Å². The Morgan fingerprint density at radius 3 is 2.48 bits per heavy atom. The van der Waals surface area contributed by atoms with E-state index in [1.54, 1.807) is 0 Å². The van der Waals surface area contributed by atoms with Crippen LogP contribution in [0, 0.1) is 5.82 Å². The Labute approximate surface area is 117 Å². The van der Waals surface area contributed by atoms with Crippen LogP contribution in [-0.4, -0.2) is 15.6 Å². The SMILES string of the molecule is Cn1c2c(c(=O)[nH]c1=O)C(c1ccc(F)cc1)NC(=O)N2. The smallest absolute Gasteiger partial charge is 0.327 e. The van der Waals surface area contributed by atoms with E-state index in [1.807, 2.05) is 0 Å². The molecular formula is C13H11FN4O3. The maximum absolute atomic E-state index is 13.0. The minimum absolute atomic E-state index is 0.127. The van der Waals surface area contributed by atoms with E-state index >= 15 is 0 Å². The third kappa shape index (κ3) is 2.10. The highest BCUT2D eigenvalue weighted by atomic mass is 19.1. The summed E-state index contributed by atoms with van der Waals surface area (Å²) in [5, 5.41) is 5.03. The number of nitrogens with zero attached hydrogens (tertiary/aromatic N) is 1. The van der Waals surface area contributed by atoms with E-state index in [0.717, 1.165) is 4.57 Å². The molecule has 1 aromatic carbocycles. The molecule has 1 aromatic heterocycles. The van der Waals surface area contributed by atoms with Crippen LogP contribution in [0.2, 0.25) is 0 Å². The molecule has 0 radical (unpaired) electrons. The lowest BCUT2D eigenvalue weighted by molar-refractivity contribution is 0.248. The standard InChI is InChI=1S/C13H11FN4O3/c1-18-10-8(11(19)17-13(18)21)9(15-12(20)16-10)6-2-4-7(14)5-3-6/h2-5,9H,1H3,(H2,15,16,20)(H,17,19,21). The molecule has 21 heavy (non-hydrogen) atoms. The molecule has 1 aliphatic heterocycles. The first-order chi connectivity index (χ1) is 9.97. The maximum Gasteiger partial charge on any atom is 0.329 e. The van der Waals surface area contributed by atoms with Crippen LogP contribution in [0.1, 0.15) is 17.2 Å². The quantitative estimate of drug-likeness (QED) is 0.711. The van der Waals surface area contributed by atoms with Crippen molar-refractivity contribution in [2.75, 3.05) is 5.32 Å². The van der Waals surface area contributed by atoms with Gasteiger partial charge in [-0.1, -0.05) is 12.1 Å². The molecule has 3 rings (SSSR count). The van der Waals surface area contributed by atoms with Gasteiger partial charge in [0.25, 0.3) is 5.56 Å². The summed E-state index contributed by atoms with van der Waals surface area (Å²) in [5.41, 5.74) is -0.492. The molecule has 2 amide bonds. The zero-order valence-electron chi connectivity index (χ0n) is 10.9. The predicted molar refractivity (Wildman–Crippen MR) is 72.7 cm³/mol. The van der Waals surface area contributed by atoms with Gasteiger partial charge < -0.3 is 5.32 Å². The molecule has 1 atom stereocenters. The van der Waals surface area contributed by atoms with Gasteiger partial charge in [0, 0.05) is 7.05 Å². The number of urea groups is 1. The number of benzene rings is 1. The number of rotatable bonds is 1. The first-order valence-corrected chi connectivity index (χ1v) is 6.13. The number of amides is 2. The highest BCUT2D eigenvalue weighted by Gasteiger charge is 2.30. The minimum Gasteiger partial charge on any atom is -0.327 e. The molecule has 3 N–H and O–H groups in total. The Hall–Kier alpha value is -2.90. The monoisotopic (exact) mass is 290 g/mol. The third-order valence-electron chi connectivity index (χ3n) is 3.36. The fourth-order valence-corrected chi connectivity index (χ4v) is 2.31. The van der Waals surface area contributed by atoms with Crippen molar-refractivity contribution in [1.29, 1.82) is 0 Å². The normalized spacial score (nSPS) is 16.9. The number of hydrogen-bond acceptors (Lipinski definition) is 3. The largest absolute Gasteiger partial charge is 0.329 e. The molecule has 1 aliphatic rings. The van der Waals surface area contributed by atoms with Crippen LogP contribution in [0.25, 0.3) is 0 Å². The lowest BCUT2D eigenvalue weighted by atomic mass is 9.98. The first-order valence-electron chi connectivity index (χ1n) is 6.13. The summed E-state index contributed by atoms with van der Waals surface area (Å²) >= 11 is 0. The summed E-state index contributed by atoms with van der Waals surface area (Å²) in [7, 11) is 1.43. The predicted octanol–water partition coefficient (Wildman–Crippen LogP) is 0.437. The van der Waals surface area contributed by atoms with E-state index in [1.165, 1.54) is 31.3 Å². The van der Waals surface area contributed by atoms with E-state index in [0.29, 0.717) is 5.56 Å². The fraction of sp³-hybridized carbons (Fsp3) is 0.154. The third-order valence-corrected chi connectivity index (χ3v) is 3.36. The second-order valence-electron chi connectivity index (χ2n) is 4.66. The number of fused-ring (bicyclic) bond motifs is 1. The maximum atomic E-state index is 13.0. The number of carbonyl (C=O) groups excluding carboxylic acids is 1. The lowest BCUT2D eigenvalue weighted by Crippen LogP contribution is -2.46. The summed E-state index contributed by atoms with van der Waals surface area (Å²) in [6.45, 7) is 0. The molecule has 0 saturated carbocycles. The average molecular weight is 290 g/mol. The second-order valence-corrected chi connectivity index (χ2v) is 4.66. The van der Waals surface area contributed by atoms with Crippen molar-refractivity contribution >= 4 is 11.8 Å². The topological polar surface area (TPSA) is 96.0 Å². The van der Waals surface area contributed by atoms with E-state index in [9.17, 15) is 18.8 Å². The van der Waals surface area contributed by atoms with Gasteiger partial charge in [0.15, 0.2) is 0 Å². The van der Waals surface area contributed by atoms with Crippen molar-refractivity contribution in [2.45, 2.75) is 6.04 Å². The molecule has 0 saturated heterocycles. The molecule has 0 spiro atoms. The van der Waals surface area contributed by atoms with Crippen molar-refractivity contribution in [1.82, 2.24) is 14.9 Å². The van der Waals surface area contributed by atoms with Gasteiger partial charge in [-0.15, -0.1) is 0 Å². The van der Waals surface area contributed by atoms with Crippen LogP contribution < -0.4 is 21.9 Å². The summed E-state index contributed by atoms with van der Waals surface area (Å²) in [6.07, 6.45) is 0. The molecule has 2 aromatic rings. The van der Waals surface area contributed by atoms with E-state index in [2.05, 4.69) is 15.6 Å². The van der Waals surface area contributed by atoms with E-state index < -0.39 is 29.1 Å². The molecule has 1 unspecified atom stereocenters. The van der Waals surface area contributed by atoms with Crippen LogP contribution in [0.15, 0.2) is 33.9 Å². The number of halogens is 1. The van der Waals surface area contributed by atoms with Crippen LogP contribution in [0.3, 0.4) is 0 Å².